The van der Waals surface area contributed by atoms with Gasteiger partial charge in [0.25, 0.3) is 0 Å². The Labute approximate surface area is 131 Å². The number of hydrogen-bond acceptors (Lipinski definition) is 4. The molecule has 1 heterocycles. The van der Waals surface area contributed by atoms with Crippen molar-refractivity contribution >= 4 is 15.9 Å². The Morgan fingerprint density at radius 2 is 2.18 bits per heavy atom. The minimum atomic E-state index is -3.35. The number of rotatable bonds is 5. The number of sulfonamides is 1. The number of amides is 1. The molecule has 7 heteroatoms. The van der Waals surface area contributed by atoms with Crippen molar-refractivity contribution in [1.29, 1.82) is 0 Å². The van der Waals surface area contributed by atoms with Crippen LogP contribution < -0.4 is 4.74 Å². The highest BCUT2D eigenvalue weighted by atomic mass is 32.2. The molecule has 0 unspecified atom stereocenters. The molecule has 1 aliphatic heterocycles. The SMILES string of the molecule is COc1cccc([C@H]2CCCN2C(=O)CN(C)S(C)(=O)=O)c1. The molecule has 2 rings (SSSR count). The fraction of sp³-hybridized carbons (Fsp3) is 0.533. The minimum absolute atomic E-state index is 0.0180. The Balaban J connectivity index is 2.14. The van der Waals surface area contributed by atoms with E-state index >= 15 is 0 Å². The third-order valence-electron chi connectivity index (χ3n) is 3.98. The van der Waals surface area contributed by atoms with Crippen LogP contribution in [0.25, 0.3) is 0 Å². The Bertz CT molecular complexity index is 645. The van der Waals surface area contributed by atoms with E-state index in [2.05, 4.69) is 0 Å². The Morgan fingerprint density at radius 3 is 2.82 bits per heavy atom. The van der Waals surface area contributed by atoms with Gasteiger partial charge < -0.3 is 9.64 Å². The van der Waals surface area contributed by atoms with E-state index in [1.54, 1.807) is 12.0 Å². The van der Waals surface area contributed by atoms with E-state index in [4.69, 9.17) is 4.74 Å². The summed E-state index contributed by atoms with van der Waals surface area (Å²) in [6, 6.07) is 7.64. The summed E-state index contributed by atoms with van der Waals surface area (Å²) in [6.45, 7) is 0.525. The van der Waals surface area contributed by atoms with Gasteiger partial charge >= 0.3 is 0 Å². The van der Waals surface area contributed by atoms with Crippen molar-refractivity contribution in [2.24, 2.45) is 0 Å². The zero-order chi connectivity index (χ0) is 16.3. The summed E-state index contributed by atoms with van der Waals surface area (Å²) in [5.41, 5.74) is 1.02. The van der Waals surface area contributed by atoms with E-state index in [0.29, 0.717) is 6.54 Å². The van der Waals surface area contributed by atoms with Crippen LogP contribution in [0.15, 0.2) is 24.3 Å². The summed E-state index contributed by atoms with van der Waals surface area (Å²) in [5, 5.41) is 0. The highest BCUT2D eigenvalue weighted by Crippen LogP contribution is 2.33. The van der Waals surface area contributed by atoms with Gasteiger partial charge in [-0.2, -0.15) is 4.31 Å². The van der Waals surface area contributed by atoms with Gasteiger partial charge in [0.1, 0.15) is 5.75 Å². The van der Waals surface area contributed by atoms with Crippen molar-refractivity contribution < 1.29 is 17.9 Å². The van der Waals surface area contributed by atoms with Crippen LogP contribution in [0.3, 0.4) is 0 Å². The molecule has 0 bridgehead atoms. The monoisotopic (exact) mass is 326 g/mol. The number of likely N-dealkylation sites (N-methyl/N-ethyl adjacent to an activating group) is 1. The van der Waals surface area contributed by atoms with Gasteiger partial charge in [0, 0.05) is 13.6 Å². The van der Waals surface area contributed by atoms with E-state index < -0.39 is 10.0 Å². The van der Waals surface area contributed by atoms with Crippen LogP contribution in [0, 0.1) is 0 Å². The largest absolute Gasteiger partial charge is 0.497 e. The van der Waals surface area contributed by atoms with Gasteiger partial charge in [-0.05, 0) is 30.5 Å². The van der Waals surface area contributed by atoms with Crippen LogP contribution in [0.1, 0.15) is 24.4 Å². The lowest BCUT2D eigenvalue weighted by Crippen LogP contribution is -2.40. The Hall–Kier alpha value is -1.60. The maximum atomic E-state index is 12.4. The van der Waals surface area contributed by atoms with Gasteiger partial charge in [0.2, 0.25) is 15.9 Å². The van der Waals surface area contributed by atoms with E-state index in [1.807, 2.05) is 24.3 Å². The Morgan fingerprint density at radius 1 is 1.45 bits per heavy atom. The molecule has 1 saturated heterocycles. The van der Waals surface area contributed by atoms with Gasteiger partial charge in [0.05, 0.1) is 26.0 Å². The fourth-order valence-electron chi connectivity index (χ4n) is 2.66. The number of nitrogens with zero attached hydrogens (tertiary/aromatic N) is 2. The van der Waals surface area contributed by atoms with Crippen LogP contribution in [-0.4, -0.2) is 57.0 Å². The zero-order valence-corrected chi connectivity index (χ0v) is 14.0. The first kappa shape index (κ1) is 16.8. The summed E-state index contributed by atoms with van der Waals surface area (Å²) >= 11 is 0. The second kappa shape index (κ2) is 6.66. The number of hydrogen-bond donors (Lipinski definition) is 0. The van der Waals surface area contributed by atoms with Crippen LogP contribution in [0.2, 0.25) is 0 Å². The Kier molecular flexibility index (Phi) is 5.08. The first-order valence-corrected chi connectivity index (χ1v) is 9.02. The van der Waals surface area contributed by atoms with Crippen LogP contribution in [0.4, 0.5) is 0 Å². The fourth-order valence-corrected chi connectivity index (χ4v) is 3.00. The maximum absolute atomic E-state index is 12.4. The molecule has 6 nitrogen and oxygen atoms in total. The van der Waals surface area contributed by atoms with Gasteiger partial charge in [0.15, 0.2) is 0 Å². The second-order valence-corrected chi connectivity index (χ2v) is 7.63. The lowest BCUT2D eigenvalue weighted by Gasteiger charge is -2.27. The van der Waals surface area contributed by atoms with Crippen LogP contribution >= 0.6 is 0 Å². The predicted molar refractivity (Wildman–Crippen MR) is 84.2 cm³/mol. The van der Waals surface area contributed by atoms with Gasteiger partial charge in [-0.15, -0.1) is 0 Å². The van der Waals surface area contributed by atoms with E-state index in [9.17, 15) is 13.2 Å². The first-order chi connectivity index (χ1) is 10.3. The molecule has 1 atom stereocenters. The summed E-state index contributed by atoms with van der Waals surface area (Å²) < 4.78 is 29.2. The van der Waals surface area contributed by atoms with Crippen molar-refractivity contribution in [3.05, 3.63) is 29.8 Å². The van der Waals surface area contributed by atoms with Crippen molar-refractivity contribution in [2.75, 3.05) is 33.5 Å². The normalized spacial score (nSPS) is 18.7. The number of carbonyl (C=O) groups excluding carboxylic acids is 1. The van der Waals surface area contributed by atoms with Gasteiger partial charge in [-0.3, -0.25) is 4.79 Å². The quantitative estimate of drug-likeness (QED) is 0.817. The first-order valence-electron chi connectivity index (χ1n) is 7.17. The highest BCUT2D eigenvalue weighted by molar-refractivity contribution is 7.88. The molecular weight excluding hydrogens is 304 g/mol. The highest BCUT2D eigenvalue weighted by Gasteiger charge is 2.31. The molecule has 0 saturated carbocycles. The van der Waals surface area contributed by atoms with E-state index in [1.165, 1.54) is 7.05 Å². The number of methoxy groups -OCH3 is 1. The summed E-state index contributed by atoms with van der Waals surface area (Å²) in [7, 11) is -0.325. The molecule has 22 heavy (non-hydrogen) atoms. The summed E-state index contributed by atoms with van der Waals surface area (Å²) in [6.07, 6.45) is 2.89. The van der Waals surface area contributed by atoms with Crippen molar-refractivity contribution in [1.82, 2.24) is 9.21 Å². The number of benzene rings is 1. The van der Waals surface area contributed by atoms with E-state index in [0.717, 1.165) is 34.7 Å². The predicted octanol–water partition coefficient (Wildman–Crippen LogP) is 1.25. The maximum Gasteiger partial charge on any atom is 0.238 e. The molecule has 1 aromatic rings. The average molecular weight is 326 g/mol. The van der Waals surface area contributed by atoms with Gasteiger partial charge in [-0.25, -0.2) is 8.42 Å². The number of likely N-dealkylation sites (tertiary alicyclic amines) is 1. The molecule has 1 fully saturated rings. The van der Waals surface area contributed by atoms with Crippen molar-refractivity contribution in [2.45, 2.75) is 18.9 Å². The van der Waals surface area contributed by atoms with Crippen molar-refractivity contribution in [3.8, 4) is 5.75 Å². The topological polar surface area (TPSA) is 66.9 Å². The molecule has 1 aliphatic rings. The lowest BCUT2D eigenvalue weighted by atomic mass is 10.0. The lowest BCUT2D eigenvalue weighted by molar-refractivity contribution is -0.132. The zero-order valence-electron chi connectivity index (χ0n) is 13.2. The standard InChI is InChI=1S/C15H22N2O4S/c1-16(22(3,19)20)11-15(18)17-9-5-8-14(17)12-6-4-7-13(10-12)21-2/h4,6-7,10,14H,5,8-9,11H2,1-3H3/t14-/m1/s1. The smallest absolute Gasteiger partial charge is 0.238 e. The summed E-state index contributed by atoms with van der Waals surface area (Å²) in [5.74, 6) is 0.586. The molecule has 122 valence electrons. The van der Waals surface area contributed by atoms with Crippen molar-refractivity contribution in [3.63, 3.8) is 0 Å². The van der Waals surface area contributed by atoms with Crippen LogP contribution in [0.5, 0.6) is 5.75 Å². The van der Waals surface area contributed by atoms with E-state index in [-0.39, 0.29) is 18.5 Å². The molecule has 1 amide bonds. The third kappa shape index (κ3) is 3.78. The average Bonchev–Trinajstić information content (AvgIpc) is 2.95. The third-order valence-corrected chi connectivity index (χ3v) is 5.24. The molecule has 1 aromatic carbocycles. The van der Waals surface area contributed by atoms with Gasteiger partial charge in [-0.1, -0.05) is 12.1 Å². The molecular formula is C15H22N2O4S. The number of ether oxygens (including phenoxy) is 1. The molecule has 0 N–H and O–H groups in total. The summed E-state index contributed by atoms with van der Waals surface area (Å²) in [4.78, 5) is 14.2. The second-order valence-electron chi connectivity index (χ2n) is 5.54. The van der Waals surface area contributed by atoms with Crippen LogP contribution in [-0.2, 0) is 14.8 Å². The number of carbonyl (C=O) groups is 1. The molecule has 0 spiro atoms. The molecule has 0 aliphatic carbocycles. The molecule has 0 aromatic heterocycles. The minimum Gasteiger partial charge on any atom is -0.497 e. The molecule has 0 radical (unpaired) electrons.